The van der Waals surface area contributed by atoms with Crippen LogP contribution in [0.5, 0.6) is 0 Å². The lowest BCUT2D eigenvalue weighted by Gasteiger charge is -2.33. The maximum absolute atomic E-state index is 11.3. The zero-order valence-corrected chi connectivity index (χ0v) is 10.1. The highest BCUT2D eigenvalue weighted by atomic mass is 32.2. The molecular weight excluding hydrogens is 260 g/mol. The summed E-state index contributed by atoms with van der Waals surface area (Å²) in [7, 11) is 0. The number of hydrogen-bond donors (Lipinski definition) is 1. The number of carbonyl (C=O) groups is 2. The van der Waals surface area contributed by atoms with Crippen LogP contribution >= 0.6 is 11.8 Å². The zero-order chi connectivity index (χ0) is 13.1. The summed E-state index contributed by atoms with van der Waals surface area (Å²) in [6.07, 6.45) is 0.365. The fourth-order valence-corrected chi connectivity index (χ4v) is 3.08. The number of ether oxygens (including phenoxy) is 1. The molecule has 1 atom stereocenters. The molecule has 2 rings (SSSR count). The van der Waals surface area contributed by atoms with Crippen LogP contribution in [0.4, 0.5) is 0 Å². The number of thioether (sulfide) groups is 1. The van der Waals surface area contributed by atoms with E-state index in [1.54, 1.807) is 0 Å². The van der Waals surface area contributed by atoms with E-state index in [1.165, 1.54) is 16.7 Å². The Morgan fingerprint density at radius 3 is 3.11 bits per heavy atom. The molecule has 18 heavy (non-hydrogen) atoms. The van der Waals surface area contributed by atoms with Gasteiger partial charge in [0.15, 0.2) is 0 Å². The molecule has 1 fully saturated rings. The van der Waals surface area contributed by atoms with Gasteiger partial charge in [0, 0.05) is 16.4 Å². The number of azide groups is 1. The molecule has 2 aliphatic heterocycles. The van der Waals surface area contributed by atoms with Crippen molar-refractivity contribution < 1.29 is 19.4 Å². The average Bonchev–Trinajstić information content (AvgIpc) is 2.62. The summed E-state index contributed by atoms with van der Waals surface area (Å²) >= 11 is 1.34. The number of fused-ring (bicyclic) bond motifs is 1. The molecule has 0 saturated carbocycles. The first-order valence-electron chi connectivity index (χ1n) is 5.19. The molecule has 1 N–H and O–H groups in total. The van der Waals surface area contributed by atoms with Gasteiger partial charge in [-0.05, 0) is 5.53 Å². The minimum Gasteiger partial charge on any atom is -0.477 e. The van der Waals surface area contributed by atoms with Crippen LogP contribution in [0.15, 0.2) is 15.7 Å². The third-order valence-electron chi connectivity index (χ3n) is 2.52. The highest BCUT2D eigenvalue weighted by Crippen LogP contribution is 2.45. The van der Waals surface area contributed by atoms with Gasteiger partial charge < -0.3 is 9.84 Å². The first-order chi connectivity index (χ1) is 8.65. The second kappa shape index (κ2) is 5.30. The van der Waals surface area contributed by atoms with Gasteiger partial charge in [-0.25, -0.2) is 4.79 Å². The van der Waals surface area contributed by atoms with E-state index in [-0.39, 0.29) is 36.7 Å². The van der Waals surface area contributed by atoms with Gasteiger partial charge in [-0.3, -0.25) is 9.69 Å². The van der Waals surface area contributed by atoms with E-state index in [1.807, 2.05) is 0 Å². The number of nitrogens with zero attached hydrogens (tertiary/aromatic N) is 4. The molecule has 96 valence electrons. The zero-order valence-electron chi connectivity index (χ0n) is 9.27. The Labute approximate surface area is 106 Å². The minimum absolute atomic E-state index is 0.0186. The number of rotatable bonds is 6. The van der Waals surface area contributed by atoms with Gasteiger partial charge in [0.25, 0.3) is 0 Å². The SMILES string of the molecule is [N-]=[N+]=NCCOCC1=C(C(=O)O)N2C(=O)C[C@@H]2S1. The Kier molecular flexibility index (Phi) is 3.75. The van der Waals surface area contributed by atoms with Crippen molar-refractivity contribution in [2.75, 3.05) is 19.8 Å². The predicted octanol–water partition coefficient (Wildman–Crippen LogP) is 0.915. The summed E-state index contributed by atoms with van der Waals surface area (Å²) in [6, 6.07) is 0. The first kappa shape index (κ1) is 12.7. The Bertz CT molecular complexity index is 471. The second-order valence-corrected chi connectivity index (χ2v) is 4.90. The highest BCUT2D eigenvalue weighted by molar-refractivity contribution is 8.04. The van der Waals surface area contributed by atoms with Crippen LogP contribution in [0.3, 0.4) is 0 Å². The maximum Gasteiger partial charge on any atom is 0.353 e. The van der Waals surface area contributed by atoms with Crippen molar-refractivity contribution in [3.8, 4) is 0 Å². The number of carboxylic acids is 1. The summed E-state index contributed by atoms with van der Waals surface area (Å²) in [6.45, 7) is 0.538. The smallest absolute Gasteiger partial charge is 0.353 e. The molecule has 9 heteroatoms. The van der Waals surface area contributed by atoms with Crippen molar-refractivity contribution in [2.45, 2.75) is 11.8 Å². The largest absolute Gasteiger partial charge is 0.477 e. The van der Waals surface area contributed by atoms with Crippen molar-refractivity contribution >= 4 is 23.6 Å². The molecule has 1 saturated heterocycles. The average molecular weight is 270 g/mol. The van der Waals surface area contributed by atoms with Crippen LogP contribution in [0.2, 0.25) is 0 Å². The van der Waals surface area contributed by atoms with Gasteiger partial charge in [-0.1, -0.05) is 16.9 Å². The normalized spacial score (nSPS) is 21.4. The molecule has 0 bridgehead atoms. The van der Waals surface area contributed by atoms with Gasteiger partial charge in [0.2, 0.25) is 5.91 Å². The van der Waals surface area contributed by atoms with Crippen LogP contribution in [0.1, 0.15) is 6.42 Å². The molecule has 2 heterocycles. The summed E-state index contributed by atoms with van der Waals surface area (Å²) in [4.78, 5) is 26.8. The number of carboxylic acid groups (broad SMARTS) is 1. The van der Waals surface area contributed by atoms with Crippen LogP contribution in [0, 0.1) is 0 Å². The van der Waals surface area contributed by atoms with E-state index in [2.05, 4.69) is 10.0 Å². The number of aliphatic carboxylic acids is 1. The summed E-state index contributed by atoms with van der Waals surface area (Å²) in [5, 5.41) is 12.3. The topological polar surface area (TPSA) is 116 Å². The lowest BCUT2D eigenvalue weighted by molar-refractivity contribution is -0.145. The molecule has 1 amide bonds. The Morgan fingerprint density at radius 2 is 2.50 bits per heavy atom. The second-order valence-electron chi connectivity index (χ2n) is 3.62. The van der Waals surface area contributed by atoms with Crippen molar-refractivity contribution in [3.05, 3.63) is 21.0 Å². The molecule has 0 spiro atoms. The molecule has 8 nitrogen and oxygen atoms in total. The molecule has 2 aliphatic rings. The summed E-state index contributed by atoms with van der Waals surface area (Å²) < 4.78 is 5.21. The van der Waals surface area contributed by atoms with Crippen molar-refractivity contribution in [2.24, 2.45) is 5.11 Å². The third kappa shape index (κ3) is 2.28. The number of β-lactam (4-membered cyclic amide) rings is 1. The van der Waals surface area contributed by atoms with E-state index in [0.29, 0.717) is 11.3 Å². The van der Waals surface area contributed by atoms with E-state index in [4.69, 9.17) is 15.4 Å². The lowest BCUT2D eigenvalue weighted by Crippen LogP contribution is -2.48. The standard InChI is InChI=1S/C9H10N4O4S/c10-12-11-1-2-17-4-5-8(9(15)16)13-6(14)3-7(13)18-5/h7H,1-4H2,(H,15,16)/t7-/m0/s1. The first-order valence-corrected chi connectivity index (χ1v) is 6.07. The highest BCUT2D eigenvalue weighted by Gasteiger charge is 2.48. The van der Waals surface area contributed by atoms with Crippen molar-refractivity contribution in [1.82, 2.24) is 4.90 Å². The van der Waals surface area contributed by atoms with Gasteiger partial charge in [-0.15, -0.1) is 0 Å². The van der Waals surface area contributed by atoms with E-state index in [0.717, 1.165) is 0 Å². The maximum atomic E-state index is 11.3. The fraction of sp³-hybridized carbons (Fsp3) is 0.556. The fourth-order valence-electron chi connectivity index (χ4n) is 1.74. The molecule has 0 aromatic rings. The molecule has 0 aromatic heterocycles. The van der Waals surface area contributed by atoms with Crippen LogP contribution in [0.25, 0.3) is 10.4 Å². The molecule has 0 radical (unpaired) electrons. The monoisotopic (exact) mass is 270 g/mol. The van der Waals surface area contributed by atoms with Crippen molar-refractivity contribution in [3.63, 3.8) is 0 Å². The molecule has 0 aromatic carbocycles. The van der Waals surface area contributed by atoms with Gasteiger partial charge >= 0.3 is 5.97 Å². The predicted molar refractivity (Wildman–Crippen MR) is 62.3 cm³/mol. The number of hydrogen-bond acceptors (Lipinski definition) is 5. The quantitative estimate of drug-likeness (QED) is 0.253. The van der Waals surface area contributed by atoms with E-state index >= 15 is 0 Å². The summed E-state index contributed by atoms with van der Waals surface area (Å²) in [5.74, 6) is -1.29. The van der Waals surface area contributed by atoms with Crippen LogP contribution in [-0.4, -0.2) is 47.0 Å². The van der Waals surface area contributed by atoms with Gasteiger partial charge in [0.05, 0.1) is 25.0 Å². The third-order valence-corrected chi connectivity index (χ3v) is 3.77. The molecule has 0 unspecified atom stereocenters. The van der Waals surface area contributed by atoms with Crippen LogP contribution < -0.4 is 0 Å². The van der Waals surface area contributed by atoms with Crippen molar-refractivity contribution in [1.29, 1.82) is 0 Å². The summed E-state index contributed by atoms with van der Waals surface area (Å²) in [5.41, 5.74) is 8.08. The number of carbonyl (C=O) groups excluding carboxylic acids is 1. The Balaban J connectivity index is 1.96. The van der Waals surface area contributed by atoms with Gasteiger partial charge in [0.1, 0.15) is 5.70 Å². The van der Waals surface area contributed by atoms with Crippen LogP contribution in [-0.2, 0) is 14.3 Å². The van der Waals surface area contributed by atoms with Gasteiger partial charge in [-0.2, -0.15) is 0 Å². The van der Waals surface area contributed by atoms with E-state index in [9.17, 15) is 9.59 Å². The Morgan fingerprint density at radius 1 is 1.72 bits per heavy atom. The minimum atomic E-state index is -1.12. The lowest BCUT2D eigenvalue weighted by atomic mass is 10.1. The Hall–Kier alpha value is -1.70. The molecule has 0 aliphatic carbocycles. The van der Waals surface area contributed by atoms with E-state index < -0.39 is 5.97 Å². The molecular formula is C9H10N4O4S. The number of amides is 1.